The second-order valence-electron chi connectivity index (χ2n) is 4.52. The molecule has 3 aromatic rings. The second-order valence-corrected chi connectivity index (χ2v) is 4.93. The Kier molecular flexibility index (Phi) is 2.95. The molecule has 0 aliphatic heterocycles. The molecule has 20 heavy (non-hydrogen) atoms. The van der Waals surface area contributed by atoms with Crippen LogP contribution in [0.4, 0.5) is 0 Å². The molecule has 4 nitrogen and oxygen atoms in total. The zero-order valence-electron chi connectivity index (χ0n) is 10.6. The zero-order valence-corrected chi connectivity index (χ0v) is 11.4. The highest BCUT2D eigenvalue weighted by atomic mass is 35.5. The molecular formula is C15H11ClN2O2. The Labute approximate surface area is 120 Å². The molecule has 100 valence electrons. The Hall–Kier alpha value is -2.33. The van der Waals surface area contributed by atoms with Gasteiger partial charge in [0.25, 0.3) is 0 Å². The van der Waals surface area contributed by atoms with Crippen LogP contribution in [-0.4, -0.2) is 21.0 Å². The fraction of sp³-hybridized carbons (Fsp3) is 0.0667. The van der Waals surface area contributed by atoms with Crippen molar-refractivity contribution in [2.75, 3.05) is 0 Å². The topological polar surface area (TPSA) is 66.0 Å². The number of hydrogen-bond acceptors (Lipinski definition) is 2. The molecule has 0 amide bonds. The first-order chi connectivity index (χ1) is 9.58. The van der Waals surface area contributed by atoms with Gasteiger partial charge in [-0.15, -0.1) is 0 Å². The number of nitrogens with one attached hydrogen (secondary N) is 1. The van der Waals surface area contributed by atoms with Crippen LogP contribution in [0.25, 0.3) is 22.2 Å². The van der Waals surface area contributed by atoms with Crippen molar-refractivity contribution in [3.05, 3.63) is 52.8 Å². The van der Waals surface area contributed by atoms with Gasteiger partial charge in [0.2, 0.25) is 0 Å². The number of aromatic amines is 1. The van der Waals surface area contributed by atoms with Crippen molar-refractivity contribution < 1.29 is 9.90 Å². The van der Waals surface area contributed by atoms with E-state index in [4.69, 9.17) is 16.7 Å². The number of fused-ring (bicyclic) bond motifs is 1. The van der Waals surface area contributed by atoms with Crippen LogP contribution in [0.15, 0.2) is 36.5 Å². The van der Waals surface area contributed by atoms with Crippen molar-refractivity contribution >= 4 is 28.5 Å². The molecule has 0 aliphatic rings. The Morgan fingerprint density at radius 3 is 2.75 bits per heavy atom. The Balaban J connectivity index is 2.23. The van der Waals surface area contributed by atoms with Crippen LogP contribution >= 0.6 is 11.6 Å². The molecule has 0 aliphatic carbocycles. The van der Waals surface area contributed by atoms with Gasteiger partial charge in [0.15, 0.2) is 0 Å². The molecule has 0 radical (unpaired) electrons. The van der Waals surface area contributed by atoms with Crippen molar-refractivity contribution in [2.24, 2.45) is 0 Å². The maximum absolute atomic E-state index is 10.9. The molecule has 0 saturated carbocycles. The molecule has 0 bridgehead atoms. The van der Waals surface area contributed by atoms with E-state index in [0.717, 1.165) is 22.2 Å². The normalized spacial score (nSPS) is 10.9. The van der Waals surface area contributed by atoms with E-state index in [2.05, 4.69) is 9.97 Å². The molecule has 2 N–H and O–H groups in total. The molecule has 0 spiro atoms. The van der Waals surface area contributed by atoms with Gasteiger partial charge in [-0.05, 0) is 31.2 Å². The number of aryl methyl sites for hydroxylation is 1. The number of halogens is 1. The molecule has 0 fully saturated rings. The quantitative estimate of drug-likeness (QED) is 0.751. The zero-order chi connectivity index (χ0) is 14.3. The summed E-state index contributed by atoms with van der Waals surface area (Å²) in [5, 5.41) is 10.5. The van der Waals surface area contributed by atoms with E-state index in [1.807, 2.05) is 25.1 Å². The second kappa shape index (κ2) is 4.65. The van der Waals surface area contributed by atoms with Crippen LogP contribution in [-0.2, 0) is 0 Å². The standard InChI is InChI=1S/C15H11ClN2O2/c1-8-13(11-6-5-9(7-17-11)15(19)20)14-10(16)3-2-4-12(14)18-8/h2-7,18H,1H3,(H,19,20). The van der Waals surface area contributed by atoms with Gasteiger partial charge in [-0.1, -0.05) is 17.7 Å². The monoisotopic (exact) mass is 286 g/mol. The maximum atomic E-state index is 10.9. The van der Waals surface area contributed by atoms with Gasteiger partial charge in [-0.3, -0.25) is 4.98 Å². The molecule has 3 rings (SSSR count). The number of pyridine rings is 1. The number of carboxylic acid groups (broad SMARTS) is 1. The van der Waals surface area contributed by atoms with Crippen LogP contribution in [0, 0.1) is 6.92 Å². The van der Waals surface area contributed by atoms with Crippen LogP contribution in [0.2, 0.25) is 5.02 Å². The van der Waals surface area contributed by atoms with Crippen LogP contribution in [0.3, 0.4) is 0 Å². The van der Waals surface area contributed by atoms with Gasteiger partial charge in [0.05, 0.1) is 16.3 Å². The molecule has 2 heterocycles. The van der Waals surface area contributed by atoms with E-state index in [-0.39, 0.29) is 5.56 Å². The minimum Gasteiger partial charge on any atom is -0.478 e. The van der Waals surface area contributed by atoms with E-state index in [1.54, 1.807) is 12.1 Å². The number of carboxylic acids is 1. The lowest BCUT2D eigenvalue weighted by Crippen LogP contribution is -1.97. The van der Waals surface area contributed by atoms with Crippen molar-refractivity contribution in [1.29, 1.82) is 0 Å². The summed E-state index contributed by atoms with van der Waals surface area (Å²) in [6.45, 7) is 1.94. The fourth-order valence-corrected chi connectivity index (χ4v) is 2.59. The summed E-state index contributed by atoms with van der Waals surface area (Å²) in [7, 11) is 0. The minimum atomic E-state index is -0.988. The minimum absolute atomic E-state index is 0.164. The number of aromatic nitrogens is 2. The average Bonchev–Trinajstić information content (AvgIpc) is 2.76. The first kappa shape index (κ1) is 12.7. The largest absolute Gasteiger partial charge is 0.478 e. The van der Waals surface area contributed by atoms with Crippen LogP contribution in [0.5, 0.6) is 0 Å². The summed E-state index contributed by atoms with van der Waals surface area (Å²) in [5.41, 5.74) is 3.66. The first-order valence-electron chi connectivity index (χ1n) is 6.04. The lowest BCUT2D eigenvalue weighted by molar-refractivity contribution is 0.0696. The van der Waals surface area contributed by atoms with E-state index < -0.39 is 5.97 Å². The van der Waals surface area contributed by atoms with E-state index >= 15 is 0 Å². The van der Waals surface area contributed by atoms with Gasteiger partial charge in [-0.25, -0.2) is 4.79 Å². The van der Waals surface area contributed by atoms with E-state index in [9.17, 15) is 4.79 Å². The summed E-state index contributed by atoms with van der Waals surface area (Å²) < 4.78 is 0. The smallest absolute Gasteiger partial charge is 0.337 e. The summed E-state index contributed by atoms with van der Waals surface area (Å²) in [6.07, 6.45) is 1.35. The number of benzene rings is 1. The van der Waals surface area contributed by atoms with E-state index in [0.29, 0.717) is 10.7 Å². The summed E-state index contributed by atoms with van der Waals surface area (Å²) >= 11 is 6.27. The van der Waals surface area contributed by atoms with Crippen molar-refractivity contribution in [3.63, 3.8) is 0 Å². The number of carbonyl (C=O) groups is 1. The third-order valence-electron chi connectivity index (χ3n) is 3.23. The van der Waals surface area contributed by atoms with Crippen LogP contribution < -0.4 is 0 Å². The number of hydrogen-bond donors (Lipinski definition) is 2. The van der Waals surface area contributed by atoms with Gasteiger partial charge < -0.3 is 10.1 Å². The van der Waals surface area contributed by atoms with Crippen molar-refractivity contribution in [3.8, 4) is 11.3 Å². The molecule has 0 saturated heterocycles. The molecular weight excluding hydrogens is 276 g/mol. The molecule has 1 aromatic carbocycles. The molecule has 0 unspecified atom stereocenters. The van der Waals surface area contributed by atoms with Crippen molar-refractivity contribution in [2.45, 2.75) is 6.92 Å². The third kappa shape index (κ3) is 1.94. The lowest BCUT2D eigenvalue weighted by Gasteiger charge is -2.03. The highest BCUT2D eigenvalue weighted by Gasteiger charge is 2.14. The lowest BCUT2D eigenvalue weighted by atomic mass is 10.1. The highest BCUT2D eigenvalue weighted by Crippen LogP contribution is 2.35. The summed E-state index contributed by atoms with van der Waals surface area (Å²) in [5.74, 6) is -0.988. The molecule has 5 heteroatoms. The van der Waals surface area contributed by atoms with Gasteiger partial charge >= 0.3 is 5.97 Å². The van der Waals surface area contributed by atoms with E-state index in [1.165, 1.54) is 6.20 Å². The number of H-pyrrole nitrogens is 1. The first-order valence-corrected chi connectivity index (χ1v) is 6.42. The van der Waals surface area contributed by atoms with Gasteiger partial charge in [0.1, 0.15) is 0 Å². The number of nitrogens with zero attached hydrogens (tertiary/aromatic N) is 1. The SMILES string of the molecule is Cc1[nH]c2cccc(Cl)c2c1-c1ccc(C(=O)O)cn1. The molecule has 2 aromatic heterocycles. The third-order valence-corrected chi connectivity index (χ3v) is 3.54. The highest BCUT2D eigenvalue weighted by molar-refractivity contribution is 6.36. The average molecular weight is 287 g/mol. The number of rotatable bonds is 2. The fourth-order valence-electron chi connectivity index (χ4n) is 2.32. The maximum Gasteiger partial charge on any atom is 0.337 e. The van der Waals surface area contributed by atoms with Gasteiger partial charge in [-0.2, -0.15) is 0 Å². The number of aromatic carboxylic acids is 1. The predicted molar refractivity (Wildman–Crippen MR) is 78.2 cm³/mol. The predicted octanol–water partition coefficient (Wildman–Crippen LogP) is 3.89. The van der Waals surface area contributed by atoms with Crippen LogP contribution in [0.1, 0.15) is 16.1 Å². The Morgan fingerprint density at radius 2 is 2.10 bits per heavy atom. The molecule has 0 atom stereocenters. The Morgan fingerprint density at radius 1 is 1.30 bits per heavy atom. The summed E-state index contributed by atoms with van der Waals surface area (Å²) in [4.78, 5) is 18.4. The van der Waals surface area contributed by atoms with Crippen molar-refractivity contribution in [1.82, 2.24) is 9.97 Å². The Bertz CT molecular complexity index is 807. The van der Waals surface area contributed by atoms with Gasteiger partial charge in [0, 0.05) is 28.4 Å². The summed E-state index contributed by atoms with van der Waals surface area (Å²) in [6, 6.07) is 8.89.